The zero-order chi connectivity index (χ0) is 56.9. The number of ether oxygens (including phenoxy) is 2. The summed E-state index contributed by atoms with van der Waals surface area (Å²) in [4.78, 5) is 112. The lowest BCUT2D eigenvalue weighted by atomic mass is 9.84. The zero-order valence-corrected chi connectivity index (χ0v) is 47.0. The Hall–Kier alpha value is -7.39. The second-order valence-corrected chi connectivity index (χ2v) is 22.7. The van der Waals surface area contributed by atoms with Crippen LogP contribution in [-0.4, -0.2) is 88.8 Å². The van der Waals surface area contributed by atoms with Crippen LogP contribution in [-0.2, 0) is 60.6 Å². The van der Waals surface area contributed by atoms with E-state index in [9.17, 15) is 38.4 Å². The maximum Gasteiger partial charge on any atom is 0.408 e. The average Bonchev–Trinajstić information content (AvgIpc) is 3.42. The van der Waals surface area contributed by atoms with E-state index >= 15 is 0 Å². The molecule has 414 valence electrons. The van der Waals surface area contributed by atoms with Crippen LogP contribution >= 0.6 is 11.8 Å². The first kappa shape index (κ1) is 61.5. The number of benzene rings is 5. The van der Waals surface area contributed by atoms with Gasteiger partial charge in [0, 0.05) is 43.4 Å². The number of amides is 4. The predicted octanol–water partition coefficient (Wildman–Crippen LogP) is 9.45. The molecule has 5 aromatic carbocycles. The van der Waals surface area contributed by atoms with Gasteiger partial charge in [-0.05, 0) is 95.5 Å². The third-order valence-electron chi connectivity index (χ3n) is 12.7. The molecule has 0 aliphatic heterocycles. The third-order valence-corrected chi connectivity index (χ3v) is 14.4. The van der Waals surface area contributed by atoms with Gasteiger partial charge < -0.3 is 30.7 Å². The summed E-state index contributed by atoms with van der Waals surface area (Å²) in [6.07, 6.45) is -1.20. The van der Waals surface area contributed by atoms with E-state index in [1.807, 2.05) is 146 Å². The third kappa shape index (κ3) is 19.6. The van der Waals surface area contributed by atoms with E-state index in [-0.39, 0.29) is 55.3 Å². The fourth-order valence-electron chi connectivity index (χ4n) is 8.90. The molecule has 0 fully saturated rings. The van der Waals surface area contributed by atoms with Gasteiger partial charge in [-0.1, -0.05) is 159 Å². The van der Waals surface area contributed by atoms with Crippen LogP contribution in [0.1, 0.15) is 115 Å². The highest BCUT2D eigenvalue weighted by Gasteiger charge is 2.40. The quantitative estimate of drug-likeness (QED) is 0.0274. The number of carbonyl (C=O) groups is 8. The molecule has 0 saturated heterocycles. The number of ketones is 3. The van der Waals surface area contributed by atoms with Crippen LogP contribution in [0.2, 0.25) is 0 Å². The Kier molecular flexibility index (Phi) is 23.2. The predicted molar refractivity (Wildman–Crippen MR) is 304 cm³/mol. The molecule has 0 heterocycles. The second kappa shape index (κ2) is 29.4. The lowest BCUT2D eigenvalue weighted by Gasteiger charge is -2.36. The van der Waals surface area contributed by atoms with Crippen LogP contribution in [0, 0.1) is 11.8 Å². The molecular weight excluding hydrogens is 1000 g/mol. The standard InChI is InChI=1S/C63H76N4O10S/c1-9-25-56(71)65-51(37-45-28-17-11-18-29-45)54(69)38-46(36-44-26-15-10-16-27-44)58(73)64-41-53(67-60(75)77-62(6,7)8)59(74)66-52(40-57(72)76-61(3,4)5)55(70)39-47(43(2)68)42-78-63(48-30-19-12-20-31-48,49-32-21-13-22-33-49)50-34-23-14-24-35-50/h10-24,26-35,46-47,51-53H,9,25,36-42H2,1-8H3,(H,64,73)(H,65,71)(H,66,74)(H,67,75)/t46-,47+,51+,52+,53+/m1/s1. The molecule has 78 heavy (non-hydrogen) atoms. The number of hydrogen-bond acceptors (Lipinski definition) is 11. The monoisotopic (exact) mass is 1080 g/mol. The van der Waals surface area contributed by atoms with Crippen molar-refractivity contribution in [3.05, 3.63) is 179 Å². The smallest absolute Gasteiger partial charge is 0.408 e. The summed E-state index contributed by atoms with van der Waals surface area (Å²) in [6, 6.07) is 43.9. The molecule has 0 spiro atoms. The Bertz CT molecular complexity index is 2670. The van der Waals surface area contributed by atoms with Gasteiger partial charge in [0.15, 0.2) is 11.6 Å². The first-order chi connectivity index (χ1) is 37.1. The van der Waals surface area contributed by atoms with Crippen molar-refractivity contribution < 1.29 is 47.8 Å². The lowest BCUT2D eigenvalue weighted by Crippen LogP contribution is -2.57. The van der Waals surface area contributed by atoms with E-state index in [4.69, 9.17) is 9.47 Å². The number of nitrogens with one attached hydrogen (secondary N) is 4. The number of Topliss-reactive ketones (excluding diaryl/α,β-unsaturated/α-hetero) is 3. The summed E-state index contributed by atoms with van der Waals surface area (Å²) in [7, 11) is 0. The zero-order valence-electron chi connectivity index (χ0n) is 46.2. The van der Waals surface area contributed by atoms with Crippen molar-refractivity contribution in [3.63, 3.8) is 0 Å². The first-order valence-electron chi connectivity index (χ1n) is 26.6. The van der Waals surface area contributed by atoms with Gasteiger partial charge in [-0.2, -0.15) is 0 Å². The molecule has 0 saturated carbocycles. The Balaban J connectivity index is 1.44. The molecule has 0 aromatic heterocycles. The fraction of sp³-hybridized carbons (Fsp3) is 0.397. The maximum absolute atomic E-state index is 14.7. The van der Waals surface area contributed by atoms with Crippen molar-refractivity contribution in [2.45, 2.75) is 134 Å². The molecule has 0 aliphatic rings. The average molecular weight is 1080 g/mol. The number of carbonyl (C=O) groups excluding carboxylic acids is 8. The van der Waals surface area contributed by atoms with E-state index in [1.165, 1.54) is 18.7 Å². The van der Waals surface area contributed by atoms with Crippen LogP contribution in [0.3, 0.4) is 0 Å². The molecule has 15 heteroatoms. The summed E-state index contributed by atoms with van der Waals surface area (Å²) in [5.41, 5.74) is 2.45. The second-order valence-electron chi connectivity index (χ2n) is 21.5. The fourth-order valence-corrected chi connectivity index (χ4v) is 10.6. The summed E-state index contributed by atoms with van der Waals surface area (Å²) in [5.74, 6) is -5.72. The van der Waals surface area contributed by atoms with Crippen molar-refractivity contribution >= 4 is 58.9 Å². The number of esters is 1. The van der Waals surface area contributed by atoms with Gasteiger partial charge >= 0.3 is 12.1 Å². The van der Waals surface area contributed by atoms with Gasteiger partial charge in [0.1, 0.15) is 23.0 Å². The summed E-state index contributed by atoms with van der Waals surface area (Å²) in [5, 5.41) is 10.8. The van der Waals surface area contributed by atoms with Crippen LogP contribution in [0.25, 0.3) is 0 Å². The van der Waals surface area contributed by atoms with E-state index in [0.717, 1.165) is 27.8 Å². The molecule has 5 rings (SSSR count). The molecule has 4 N–H and O–H groups in total. The van der Waals surface area contributed by atoms with Gasteiger partial charge in [-0.3, -0.25) is 33.6 Å². The van der Waals surface area contributed by atoms with Crippen LogP contribution < -0.4 is 21.3 Å². The highest BCUT2D eigenvalue weighted by atomic mass is 32.2. The molecule has 0 aliphatic carbocycles. The molecular formula is C63H76N4O10S. The Morgan fingerprint density at radius 2 is 0.949 bits per heavy atom. The molecule has 5 aromatic rings. The number of rotatable bonds is 28. The van der Waals surface area contributed by atoms with E-state index in [2.05, 4.69) is 21.3 Å². The van der Waals surface area contributed by atoms with Crippen molar-refractivity contribution in [3.8, 4) is 0 Å². The van der Waals surface area contributed by atoms with Crippen molar-refractivity contribution in [2.75, 3.05) is 12.3 Å². The Labute approximate surface area is 464 Å². The van der Waals surface area contributed by atoms with Crippen molar-refractivity contribution in [2.24, 2.45) is 11.8 Å². The highest BCUT2D eigenvalue weighted by Crippen LogP contribution is 2.49. The lowest BCUT2D eigenvalue weighted by molar-refractivity contribution is -0.156. The summed E-state index contributed by atoms with van der Waals surface area (Å²) < 4.78 is 10.3. The van der Waals surface area contributed by atoms with Gasteiger partial charge in [0.2, 0.25) is 17.7 Å². The maximum atomic E-state index is 14.7. The summed E-state index contributed by atoms with van der Waals surface area (Å²) in [6.45, 7) is 12.6. The number of hydrogen-bond donors (Lipinski definition) is 4. The molecule has 0 unspecified atom stereocenters. The summed E-state index contributed by atoms with van der Waals surface area (Å²) >= 11 is 1.50. The van der Waals surface area contributed by atoms with Crippen molar-refractivity contribution in [1.82, 2.24) is 21.3 Å². The number of thioether (sulfide) groups is 1. The minimum absolute atomic E-state index is 0.112. The molecule has 5 atom stereocenters. The first-order valence-corrected chi connectivity index (χ1v) is 27.6. The van der Waals surface area contributed by atoms with Crippen LogP contribution in [0.5, 0.6) is 0 Å². The largest absolute Gasteiger partial charge is 0.460 e. The molecule has 4 amide bonds. The van der Waals surface area contributed by atoms with Crippen LogP contribution in [0.15, 0.2) is 152 Å². The number of alkyl carbamates (subject to hydrolysis) is 1. The van der Waals surface area contributed by atoms with Gasteiger partial charge in [0.05, 0.1) is 23.3 Å². The molecule has 0 bridgehead atoms. The van der Waals surface area contributed by atoms with Crippen LogP contribution in [0.4, 0.5) is 4.79 Å². The van der Waals surface area contributed by atoms with E-state index in [0.29, 0.717) is 6.42 Å². The molecule has 0 radical (unpaired) electrons. The van der Waals surface area contributed by atoms with Crippen molar-refractivity contribution in [1.29, 1.82) is 0 Å². The van der Waals surface area contributed by atoms with Gasteiger partial charge in [-0.15, -0.1) is 11.8 Å². The topological polar surface area (TPSA) is 203 Å². The molecule has 14 nitrogen and oxygen atoms in total. The van der Waals surface area contributed by atoms with E-state index in [1.54, 1.807) is 53.7 Å². The minimum Gasteiger partial charge on any atom is -0.460 e. The highest BCUT2D eigenvalue weighted by molar-refractivity contribution is 8.00. The van der Waals surface area contributed by atoms with E-state index < -0.39 is 88.5 Å². The SMILES string of the molecule is CCCC(=O)N[C@@H](Cc1ccccc1)C(=O)C[C@@H](Cc1ccccc1)C(=O)NC[C@H](NC(=O)OC(C)(C)C)C(=O)N[C@@H](CC(=O)OC(C)(C)C)C(=O)C[C@@H](CSC(c1ccccc1)(c1ccccc1)c1ccccc1)C(C)=O. The van der Waals surface area contributed by atoms with Gasteiger partial charge in [-0.25, -0.2) is 4.79 Å². The minimum atomic E-state index is -1.59. The van der Waals surface area contributed by atoms with Gasteiger partial charge in [0.25, 0.3) is 0 Å². The Morgan fingerprint density at radius 3 is 1.41 bits per heavy atom. The normalized spacial score (nSPS) is 13.5. The Morgan fingerprint density at radius 1 is 0.500 bits per heavy atom.